The second-order valence-corrected chi connectivity index (χ2v) is 11.4. The maximum absolute atomic E-state index is 6.03. The van der Waals surface area contributed by atoms with Gasteiger partial charge in [0.1, 0.15) is 0 Å². The SMILES string of the molecule is CC(C)(C)CSCc1ccc2ccc3cc(COC(C)(C)C)cc4ccc1c2c34. The van der Waals surface area contributed by atoms with Crippen molar-refractivity contribution >= 4 is 44.1 Å². The molecule has 0 aliphatic carbocycles. The zero-order valence-electron chi connectivity index (χ0n) is 18.6. The van der Waals surface area contributed by atoms with E-state index in [0.29, 0.717) is 12.0 Å². The molecule has 0 heterocycles. The molecule has 2 heteroatoms. The maximum Gasteiger partial charge on any atom is 0.0724 e. The van der Waals surface area contributed by atoms with Gasteiger partial charge in [0, 0.05) is 5.75 Å². The third-order valence-corrected chi connectivity index (χ3v) is 6.80. The number of ether oxygens (including phenoxy) is 1. The van der Waals surface area contributed by atoms with Crippen LogP contribution >= 0.6 is 11.8 Å². The maximum atomic E-state index is 6.03. The molecule has 0 fully saturated rings. The van der Waals surface area contributed by atoms with Gasteiger partial charge in [-0.3, -0.25) is 0 Å². The van der Waals surface area contributed by atoms with Crippen LogP contribution in [0, 0.1) is 5.41 Å². The van der Waals surface area contributed by atoms with Crippen molar-refractivity contribution in [1.29, 1.82) is 0 Å². The molecule has 0 aliphatic heterocycles. The van der Waals surface area contributed by atoms with Crippen LogP contribution in [0.25, 0.3) is 32.3 Å². The highest BCUT2D eigenvalue weighted by Crippen LogP contribution is 2.38. The van der Waals surface area contributed by atoms with Crippen molar-refractivity contribution in [2.24, 2.45) is 5.41 Å². The summed E-state index contributed by atoms with van der Waals surface area (Å²) in [5.74, 6) is 2.24. The van der Waals surface area contributed by atoms with Gasteiger partial charge in [-0.2, -0.15) is 11.8 Å². The van der Waals surface area contributed by atoms with E-state index in [0.717, 1.165) is 5.75 Å². The lowest BCUT2D eigenvalue weighted by molar-refractivity contribution is -0.0148. The Morgan fingerprint density at radius 2 is 1.38 bits per heavy atom. The molecule has 0 aliphatic rings. The highest BCUT2D eigenvalue weighted by molar-refractivity contribution is 7.98. The first kappa shape index (κ1) is 20.5. The van der Waals surface area contributed by atoms with Gasteiger partial charge in [-0.15, -0.1) is 0 Å². The van der Waals surface area contributed by atoms with Crippen LogP contribution in [0.3, 0.4) is 0 Å². The van der Waals surface area contributed by atoms with Crippen LogP contribution in [-0.2, 0) is 17.1 Å². The molecule has 0 saturated carbocycles. The Bertz CT molecular complexity index is 1130. The van der Waals surface area contributed by atoms with Crippen LogP contribution in [0.4, 0.5) is 0 Å². The molecule has 0 saturated heterocycles. The van der Waals surface area contributed by atoms with Gasteiger partial charge >= 0.3 is 0 Å². The Morgan fingerprint density at radius 3 is 2.03 bits per heavy atom. The Balaban J connectivity index is 1.76. The van der Waals surface area contributed by atoms with Crippen molar-refractivity contribution < 1.29 is 4.74 Å². The summed E-state index contributed by atoms with van der Waals surface area (Å²) < 4.78 is 6.03. The number of rotatable bonds is 5. The molecule has 0 atom stereocenters. The van der Waals surface area contributed by atoms with Gasteiger partial charge < -0.3 is 4.74 Å². The Kier molecular flexibility index (Phi) is 5.29. The highest BCUT2D eigenvalue weighted by atomic mass is 32.2. The largest absolute Gasteiger partial charge is 0.371 e. The Hall–Kier alpha value is -1.77. The third kappa shape index (κ3) is 4.54. The molecule has 1 nitrogen and oxygen atoms in total. The number of benzene rings is 4. The van der Waals surface area contributed by atoms with E-state index < -0.39 is 0 Å². The lowest BCUT2D eigenvalue weighted by Crippen LogP contribution is -2.18. The first-order valence-electron chi connectivity index (χ1n) is 10.5. The lowest BCUT2D eigenvalue weighted by Gasteiger charge is -2.20. The molecule has 0 N–H and O–H groups in total. The van der Waals surface area contributed by atoms with Crippen LogP contribution in [0.5, 0.6) is 0 Å². The van der Waals surface area contributed by atoms with Crippen LogP contribution in [0.15, 0.2) is 48.5 Å². The minimum Gasteiger partial charge on any atom is -0.371 e. The molecule has 29 heavy (non-hydrogen) atoms. The Morgan fingerprint density at radius 1 is 0.759 bits per heavy atom. The summed E-state index contributed by atoms with van der Waals surface area (Å²) in [6, 6.07) is 18.4. The van der Waals surface area contributed by atoms with E-state index in [1.165, 1.54) is 49.2 Å². The van der Waals surface area contributed by atoms with Crippen LogP contribution in [0.1, 0.15) is 52.7 Å². The Labute approximate surface area is 179 Å². The minimum atomic E-state index is -0.127. The average Bonchev–Trinajstić information content (AvgIpc) is 2.63. The van der Waals surface area contributed by atoms with Crippen LogP contribution < -0.4 is 0 Å². The molecule has 4 aromatic rings. The summed E-state index contributed by atoms with van der Waals surface area (Å²) in [6.07, 6.45) is 0. The molecular weight excluding hydrogens is 372 g/mol. The predicted octanol–water partition coefficient (Wildman–Crippen LogP) is 8.18. The van der Waals surface area contributed by atoms with Crippen molar-refractivity contribution in [1.82, 2.24) is 0 Å². The summed E-state index contributed by atoms with van der Waals surface area (Å²) in [4.78, 5) is 0. The van der Waals surface area contributed by atoms with E-state index in [1.807, 2.05) is 11.8 Å². The summed E-state index contributed by atoms with van der Waals surface area (Å²) >= 11 is 2.04. The van der Waals surface area contributed by atoms with E-state index >= 15 is 0 Å². The van der Waals surface area contributed by atoms with Gasteiger partial charge in [0.15, 0.2) is 0 Å². The molecule has 0 spiro atoms. The van der Waals surface area contributed by atoms with Gasteiger partial charge in [-0.05, 0) is 87.5 Å². The molecule has 0 amide bonds. The second kappa shape index (κ2) is 7.49. The van der Waals surface area contributed by atoms with E-state index in [9.17, 15) is 0 Å². The van der Waals surface area contributed by atoms with Crippen LogP contribution in [0.2, 0.25) is 0 Å². The predicted molar refractivity (Wildman–Crippen MR) is 130 cm³/mol. The quantitative estimate of drug-likeness (QED) is 0.310. The van der Waals surface area contributed by atoms with E-state index in [2.05, 4.69) is 90.1 Å². The van der Waals surface area contributed by atoms with Gasteiger partial charge in [0.2, 0.25) is 0 Å². The fourth-order valence-corrected chi connectivity index (χ4v) is 5.11. The topological polar surface area (TPSA) is 9.23 Å². The fraction of sp³-hybridized carbons (Fsp3) is 0.407. The molecule has 4 rings (SSSR count). The zero-order chi connectivity index (χ0) is 20.8. The molecule has 4 aromatic carbocycles. The number of hydrogen-bond acceptors (Lipinski definition) is 2. The summed E-state index contributed by atoms with van der Waals surface area (Å²) in [6.45, 7) is 13.9. The third-order valence-electron chi connectivity index (χ3n) is 5.21. The summed E-state index contributed by atoms with van der Waals surface area (Å²) in [7, 11) is 0. The van der Waals surface area contributed by atoms with Crippen molar-refractivity contribution in [2.75, 3.05) is 5.75 Å². The standard InChI is InChI=1S/C27H32OS/c1-26(2,3)17-29-16-22-10-8-19-7-9-20-13-18(15-28-27(4,5)6)14-21-11-12-23(22)25(19)24(20)21/h7-14H,15-17H2,1-6H3. The zero-order valence-corrected chi connectivity index (χ0v) is 19.4. The molecular formula is C27H32OS. The number of hydrogen-bond donors (Lipinski definition) is 0. The van der Waals surface area contributed by atoms with Crippen molar-refractivity contribution in [3.63, 3.8) is 0 Å². The second-order valence-electron chi connectivity index (χ2n) is 10.4. The minimum absolute atomic E-state index is 0.127. The lowest BCUT2D eigenvalue weighted by atomic mass is 9.91. The monoisotopic (exact) mass is 404 g/mol. The summed E-state index contributed by atoms with van der Waals surface area (Å²) in [5.41, 5.74) is 2.92. The van der Waals surface area contributed by atoms with Crippen molar-refractivity contribution in [3.8, 4) is 0 Å². The van der Waals surface area contributed by atoms with Gasteiger partial charge in [-0.25, -0.2) is 0 Å². The van der Waals surface area contributed by atoms with E-state index in [1.54, 1.807) is 0 Å². The normalized spacial score (nSPS) is 13.2. The van der Waals surface area contributed by atoms with E-state index in [4.69, 9.17) is 4.74 Å². The molecule has 152 valence electrons. The summed E-state index contributed by atoms with van der Waals surface area (Å²) in [5, 5.41) is 8.17. The fourth-order valence-electron chi connectivity index (χ4n) is 3.92. The van der Waals surface area contributed by atoms with Gasteiger partial charge in [-0.1, -0.05) is 57.2 Å². The average molecular weight is 405 g/mol. The number of thioether (sulfide) groups is 1. The first-order valence-corrected chi connectivity index (χ1v) is 11.7. The molecule has 0 radical (unpaired) electrons. The van der Waals surface area contributed by atoms with Crippen molar-refractivity contribution in [2.45, 2.75) is 59.5 Å². The first-order chi connectivity index (χ1) is 13.6. The van der Waals surface area contributed by atoms with Crippen LogP contribution in [-0.4, -0.2) is 11.4 Å². The molecule has 0 unspecified atom stereocenters. The highest BCUT2D eigenvalue weighted by Gasteiger charge is 2.15. The smallest absolute Gasteiger partial charge is 0.0724 e. The van der Waals surface area contributed by atoms with Gasteiger partial charge in [0.05, 0.1) is 12.2 Å². The van der Waals surface area contributed by atoms with Crippen molar-refractivity contribution in [3.05, 3.63) is 59.7 Å². The molecule has 0 aromatic heterocycles. The van der Waals surface area contributed by atoms with E-state index in [-0.39, 0.29) is 5.60 Å². The van der Waals surface area contributed by atoms with Gasteiger partial charge in [0.25, 0.3) is 0 Å². The molecule has 0 bridgehead atoms.